The molecule has 1 saturated heterocycles. The summed E-state index contributed by atoms with van der Waals surface area (Å²) in [7, 11) is 0. The van der Waals surface area contributed by atoms with Gasteiger partial charge in [-0.05, 0) is 26.0 Å². The lowest BCUT2D eigenvalue weighted by Gasteiger charge is -2.35. The minimum absolute atomic E-state index is 0.0600. The second kappa shape index (κ2) is 6.71. The summed E-state index contributed by atoms with van der Waals surface area (Å²) in [5, 5.41) is 2.60. The quantitative estimate of drug-likeness (QED) is 0.933. The van der Waals surface area contributed by atoms with Crippen molar-refractivity contribution in [2.24, 2.45) is 0 Å². The number of carbonyl (C=O) groups is 1. The van der Waals surface area contributed by atoms with Gasteiger partial charge < -0.3 is 19.7 Å². The lowest BCUT2D eigenvalue weighted by Crippen LogP contribution is -2.49. The standard InChI is InChI=1S/C14H18F2N2O3/c1-9-7-18(8-10(2)20-9)14(19)17-11-5-3-4-6-12(11)21-13(15)16/h3-6,9-10,13H,7-8H2,1-2H3,(H,17,19)/t9-,10+. The van der Waals surface area contributed by atoms with Gasteiger partial charge in [0.1, 0.15) is 5.75 Å². The third-order valence-corrected chi connectivity index (χ3v) is 3.05. The van der Waals surface area contributed by atoms with Crippen molar-refractivity contribution in [3.05, 3.63) is 24.3 Å². The summed E-state index contributed by atoms with van der Waals surface area (Å²) in [5.41, 5.74) is 0.217. The van der Waals surface area contributed by atoms with E-state index in [1.165, 1.54) is 12.1 Å². The molecule has 5 nitrogen and oxygen atoms in total. The number of amides is 2. The number of hydrogen-bond donors (Lipinski definition) is 1. The largest absolute Gasteiger partial charge is 0.433 e. The van der Waals surface area contributed by atoms with Crippen LogP contribution in [0.15, 0.2) is 24.3 Å². The zero-order valence-corrected chi connectivity index (χ0v) is 11.9. The Hall–Kier alpha value is -1.89. The van der Waals surface area contributed by atoms with Crippen molar-refractivity contribution in [3.63, 3.8) is 0 Å². The van der Waals surface area contributed by atoms with Gasteiger partial charge in [0.25, 0.3) is 0 Å². The second-order valence-corrected chi connectivity index (χ2v) is 4.97. The van der Waals surface area contributed by atoms with Gasteiger partial charge in [0.2, 0.25) is 0 Å². The fourth-order valence-corrected chi connectivity index (χ4v) is 2.31. The molecule has 0 saturated carbocycles. The van der Waals surface area contributed by atoms with E-state index in [2.05, 4.69) is 10.1 Å². The second-order valence-electron chi connectivity index (χ2n) is 4.97. The highest BCUT2D eigenvalue weighted by molar-refractivity contribution is 5.91. The Morgan fingerprint density at radius 2 is 1.95 bits per heavy atom. The molecule has 0 aliphatic carbocycles. The molecule has 2 rings (SSSR count). The average Bonchev–Trinajstić information content (AvgIpc) is 2.39. The minimum Gasteiger partial charge on any atom is -0.433 e. The normalized spacial score (nSPS) is 22.2. The van der Waals surface area contributed by atoms with E-state index in [0.29, 0.717) is 13.1 Å². The van der Waals surface area contributed by atoms with Gasteiger partial charge in [0.15, 0.2) is 0 Å². The number of carbonyl (C=O) groups excluding carboxylic acids is 1. The lowest BCUT2D eigenvalue weighted by atomic mass is 10.2. The van der Waals surface area contributed by atoms with E-state index in [-0.39, 0.29) is 29.7 Å². The van der Waals surface area contributed by atoms with E-state index in [0.717, 1.165) is 0 Å². The number of alkyl halides is 2. The first-order chi connectivity index (χ1) is 9.95. The molecule has 1 heterocycles. The molecule has 1 aliphatic heterocycles. The first kappa shape index (κ1) is 15.5. The Morgan fingerprint density at radius 1 is 1.33 bits per heavy atom. The number of benzene rings is 1. The van der Waals surface area contributed by atoms with E-state index in [9.17, 15) is 13.6 Å². The van der Waals surface area contributed by atoms with Gasteiger partial charge in [0.05, 0.1) is 17.9 Å². The molecule has 0 aromatic heterocycles. The summed E-state index contributed by atoms with van der Waals surface area (Å²) in [6, 6.07) is 5.74. The monoisotopic (exact) mass is 300 g/mol. The van der Waals surface area contributed by atoms with Crippen molar-refractivity contribution in [1.29, 1.82) is 0 Å². The molecular formula is C14H18F2N2O3. The van der Waals surface area contributed by atoms with Crippen molar-refractivity contribution in [3.8, 4) is 5.75 Å². The number of anilines is 1. The van der Waals surface area contributed by atoms with Crippen molar-refractivity contribution in [1.82, 2.24) is 4.90 Å². The van der Waals surface area contributed by atoms with E-state index in [4.69, 9.17) is 4.74 Å². The molecule has 21 heavy (non-hydrogen) atoms. The Morgan fingerprint density at radius 3 is 2.57 bits per heavy atom. The summed E-state index contributed by atoms with van der Waals surface area (Å²) in [4.78, 5) is 13.8. The number of hydrogen-bond acceptors (Lipinski definition) is 3. The summed E-state index contributed by atoms with van der Waals surface area (Å²) in [6.45, 7) is 1.72. The van der Waals surface area contributed by atoms with E-state index in [1.54, 1.807) is 17.0 Å². The molecular weight excluding hydrogens is 282 g/mol. The molecule has 1 aromatic rings. The van der Waals surface area contributed by atoms with E-state index < -0.39 is 6.61 Å². The van der Waals surface area contributed by atoms with Gasteiger partial charge in [0, 0.05) is 13.1 Å². The van der Waals surface area contributed by atoms with Gasteiger partial charge in [-0.15, -0.1) is 0 Å². The van der Waals surface area contributed by atoms with Crippen molar-refractivity contribution >= 4 is 11.7 Å². The summed E-state index contributed by atoms with van der Waals surface area (Å²) < 4.78 is 34.6. The summed E-state index contributed by atoms with van der Waals surface area (Å²) >= 11 is 0. The zero-order valence-electron chi connectivity index (χ0n) is 11.9. The maximum absolute atomic E-state index is 12.3. The maximum Gasteiger partial charge on any atom is 0.387 e. The zero-order chi connectivity index (χ0) is 15.4. The molecule has 2 amide bonds. The molecule has 0 bridgehead atoms. The van der Waals surface area contributed by atoms with Crippen LogP contribution in [0.2, 0.25) is 0 Å². The molecule has 0 radical (unpaired) electrons. The molecule has 1 fully saturated rings. The van der Waals surface area contributed by atoms with Crippen LogP contribution in [0.1, 0.15) is 13.8 Å². The van der Waals surface area contributed by atoms with Crippen LogP contribution in [-0.4, -0.2) is 42.8 Å². The van der Waals surface area contributed by atoms with Crippen molar-refractivity contribution in [2.75, 3.05) is 18.4 Å². The van der Waals surface area contributed by atoms with Crippen LogP contribution in [0.25, 0.3) is 0 Å². The highest BCUT2D eigenvalue weighted by Gasteiger charge is 2.26. The predicted octanol–water partition coefficient (Wildman–Crippen LogP) is 2.93. The third-order valence-electron chi connectivity index (χ3n) is 3.05. The molecule has 1 N–H and O–H groups in total. The first-order valence-corrected chi connectivity index (χ1v) is 6.71. The fourth-order valence-electron chi connectivity index (χ4n) is 2.31. The smallest absolute Gasteiger partial charge is 0.387 e. The van der Waals surface area contributed by atoms with Crippen LogP contribution < -0.4 is 10.1 Å². The summed E-state index contributed by atoms with van der Waals surface area (Å²) in [5.74, 6) is -0.0600. The summed E-state index contributed by atoms with van der Waals surface area (Å²) in [6.07, 6.45) is -0.126. The van der Waals surface area contributed by atoms with E-state index in [1.807, 2.05) is 13.8 Å². The number of urea groups is 1. The minimum atomic E-state index is -2.94. The number of ether oxygens (including phenoxy) is 2. The Kier molecular flexibility index (Phi) is 4.95. The van der Waals surface area contributed by atoms with E-state index >= 15 is 0 Å². The molecule has 0 spiro atoms. The average molecular weight is 300 g/mol. The van der Waals surface area contributed by atoms with Crippen LogP contribution >= 0.6 is 0 Å². The highest BCUT2D eigenvalue weighted by atomic mass is 19.3. The van der Waals surface area contributed by atoms with Gasteiger partial charge in [-0.2, -0.15) is 8.78 Å². The SMILES string of the molecule is C[C@@H]1CN(C(=O)Nc2ccccc2OC(F)F)C[C@H](C)O1. The van der Waals surface area contributed by atoms with Crippen LogP contribution in [0, 0.1) is 0 Å². The van der Waals surface area contributed by atoms with Gasteiger partial charge >= 0.3 is 12.6 Å². The molecule has 116 valence electrons. The van der Waals surface area contributed by atoms with Crippen molar-refractivity contribution in [2.45, 2.75) is 32.7 Å². The predicted molar refractivity (Wildman–Crippen MR) is 73.7 cm³/mol. The lowest BCUT2D eigenvalue weighted by molar-refractivity contribution is -0.0531. The van der Waals surface area contributed by atoms with Crippen LogP contribution in [0.5, 0.6) is 5.75 Å². The number of rotatable bonds is 3. The number of halogens is 2. The Labute approximate surface area is 121 Å². The van der Waals surface area contributed by atoms with Gasteiger partial charge in [-0.1, -0.05) is 12.1 Å². The molecule has 1 aromatic carbocycles. The Balaban J connectivity index is 2.05. The molecule has 7 heteroatoms. The number of nitrogens with zero attached hydrogens (tertiary/aromatic N) is 1. The van der Waals surface area contributed by atoms with Gasteiger partial charge in [-0.25, -0.2) is 4.79 Å². The maximum atomic E-state index is 12.3. The number of nitrogens with one attached hydrogen (secondary N) is 1. The topological polar surface area (TPSA) is 50.8 Å². The van der Waals surface area contributed by atoms with Crippen molar-refractivity contribution < 1.29 is 23.0 Å². The van der Waals surface area contributed by atoms with Crippen LogP contribution in [0.3, 0.4) is 0 Å². The third kappa shape index (κ3) is 4.29. The molecule has 2 atom stereocenters. The Bertz CT molecular complexity index is 489. The van der Waals surface area contributed by atoms with Crippen LogP contribution in [0.4, 0.5) is 19.3 Å². The molecule has 1 aliphatic rings. The highest BCUT2D eigenvalue weighted by Crippen LogP contribution is 2.26. The molecule has 0 unspecified atom stereocenters. The number of morpholine rings is 1. The number of para-hydroxylation sites is 2. The van der Waals surface area contributed by atoms with Crippen LogP contribution in [-0.2, 0) is 4.74 Å². The fraction of sp³-hybridized carbons (Fsp3) is 0.500. The van der Waals surface area contributed by atoms with Gasteiger partial charge in [-0.3, -0.25) is 0 Å². The first-order valence-electron chi connectivity index (χ1n) is 6.71.